The van der Waals surface area contributed by atoms with Crippen LogP contribution in [0.3, 0.4) is 0 Å². The van der Waals surface area contributed by atoms with Crippen molar-refractivity contribution in [1.29, 1.82) is 0 Å². The van der Waals surface area contributed by atoms with Crippen LogP contribution in [-0.4, -0.2) is 23.8 Å². The summed E-state index contributed by atoms with van der Waals surface area (Å²) >= 11 is 0. The molecule has 1 heterocycles. The predicted octanol–water partition coefficient (Wildman–Crippen LogP) is 2.05. The summed E-state index contributed by atoms with van der Waals surface area (Å²) in [5.41, 5.74) is 7.69. The van der Waals surface area contributed by atoms with Crippen molar-refractivity contribution in [3.63, 3.8) is 0 Å². The molecule has 0 saturated carbocycles. The highest BCUT2D eigenvalue weighted by Crippen LogP contribution is 2.29. The monoisotopic (exact) mass is 261 g/mol. The molecule has 0 spiro atoms. The molecule has 2 N–H and O–H groups in total. The van der Waals surface area contributed by atoms with Crippen molar-refractivity contribution in [2.24, 2.45) is 5.73 Å². The molecule has 0 amide bonds. The maximum absolute atomic E-state index is 5.72. The van der Waals surface area contributed by atoms with Crippen LogP contribution in [0.1, 0.15) is 12.6 Å². The fourth-order valence-electron chi connectivity index (χ4n) is 2.09. The Bertz CT molecular complexity index is 542. The van der Waals surface area contributed by atoms with Crippen LogP contribution in [0.5, 0.6) is 11.5 Å². The molecule has 2 aromatic rings. The lowest BCUT2D eigenvalue weighted by atomic mass is 10.2. The number of ether oxygens (including phenoxy) is 2. The Morgan fingerprint density at radius 3 is 2.26 bits per heavy atom. The SMILES string of the molecule is CCn1c(CN)cnc1-c1cc(OC)cc(OC)c1. The maximum Gasteiger partial charge on any atom is 0.140 e. The first-order valence-electron chi connectivity index (χ1n) is 6.21. The standard InChI is InChI=1S/C14H19N3O2/c1-4-17-11(8-15)9-16-14(17)10-5-12(18-2)7-13(6-10)19-3/h5-7,9H,4,8,15H2,1-3H3. The molecule has 0 bridgehead atoms. The van der Waals surface area contributed by atoms with Crippen LogP contribution in [0.15, 0.2) is 24.4 Å². The number of imidazole rings is 1. The highest BCUT2D eigenvalue weighted by Gasteiger charge is 2.12. The van der Waals surface area contributed by atoms with E-state index < -0.39 is 0 Å². The van der Waals surface area contributed by atoms with E-state index in [0.29, 0.717) is 6.54 Å². The zero-order valence-corrected chi connectivity index (χ0v) is 11.5. The average Bonchev–Trinajstić information content (AvgIpc) is 2.89. The van der Waals surface area contributed by atoms with Crippen LogP contribution in [0, 0.1) is 0 Å². The van der Waals surface area contributed by atoms with Gasteiger partial charge in [0, 0.05) is 24.7 Å². The van der Waals surface area contributed by atoms with Gasteiger partial charge in [-0.2, -0.15) is 0 Å². The summed E-state index contributed by atoms with van der Waals surface area (Å²) in [4.78, 5) is 4.45. The van der Waals surface area contributed by atoms with Crippen LogP contribution in [0.2, 0.25) is 0 Å². The third kappa shape index (κ3) is 2.56. The van der Waals surface area contributed by atoms with Crippen LogP contribution >= 0.6 is 0 Å². The number of hydrogen-bond acceptors (Lipinski definition) is 4. The summed E-state index contributed by atoms with van der Waals surface area (Å²) in [6, 6.07) is 5.72. The fraction of sp³-hybridized carbons (Fsp3) is 0.357. The number of nitrogens with two attached hydrogens (primary N) is 1. The average molecular weight is 261 g/mol. The van der Waals surface area contributed by atoms with Crippen molar-refractivity contribution in [1.82, 2.24) is 9.55 Å². The van der Waals surface area contributed by atoms with Crippen molar-refractivity contribution in [2.45, 2.75) is 20.0 Å². The Hall–Kier alpha value is -2.01. The fourth-order valence-corrected chi connectivity index (χ4v) is 2.09. The number of methoxy groups -OCH3 is 2. The second-order valence-corrected chi connectivity index (χ2v) is 4.12. The van der Waals surface area contributed by atoms with Crippen LogP contribution in [-0.2, 0) is 13.1 Å². The molecule has 0 saturated heterocycles. The van der Waals surface area contributed by atoms with Gasteiger partial charge in [0.15, 0.2) is 0 Å². The minimum Gasteiger partial charge on any atom is -0.497 e. The van der Waals surface area contributed by atoms with Gasteiger partial charge < -0.3 is 19.8 Å². The minimum absolute atomic E-state index is 0.474. The van der Waals surface area contributed by atoms with Gasteiger partial charge in [-0.15, -0.1) is 0 Å². The lowest BCUT2D eigenvalue weighted by Gasteiger charge is -2.11. The van der Waals surface area contributed by atoms with E-state index in [1.807, 2.05) is 24.4 Å². The second kappa shape index (κ2) is 5.75. The van der Waals surface area contributed by atoms with Crippen molar-refractivity contribution < 1.29 is 9.47 Å². The Balaban J connectivity index is 2.54. The van der Waals surface area contributed by atoms with Gasteiger partial charge in [0.05, 0.1) is 26.1 Å². The zero-order chi connectivity index (χ0) is 13.8. The van der Waals surface area contributed by atoms with Gasteiger partial charge in [-0.3, -0.25) is 0 Å². The highest BCUT2D eigenvalue weighted by atomic mass is 16.5. The van der Waals surface area contributed by atoms with E-state index in [9.17, 15) is 0 Å². The van der Waals surface area contributed by atoms with Crippen LogP contribution < -0.4 is 15.2 Å². The van der Waals surface area contributed by atoms with Crippen molar-refractivity contribution >= 4 is 0 Å². The Kier molecular flexibility index (Phi) is 4.06. The summed E-state index contributed by atoms with van der Waals surface area (Å²) in [6.07, 6.45) is 1.81. The van der Waals surface area contributed by atoms with Crippen LogP contribution in [0.25, 0.3) is 11.4 Å². The van der Waals surface area contributed by atoms with E-state index in [4.69, 9.17) is 15.2 Å². The highest BCUT2D eigenvalue weighted by molar-refractivity contribution is 5.62. The Morgan fingerprint density at radius 2 is 1.79 bits per heavy atom. The summed E-state index contributed by atoms with van der Waals surface area (Å²) < 4.78 is 12.7. The van der Waals surface area contributed by atoms with E-state index >= 15 is 0 Å². The maximum atomic E-state index is 5.72. The summed E-state index contributed by atoms with van der Waals surface area (Å²) in [5.74, 6) is 2.36. The van der Waals surface area contributed by atoms with Crippen LogP contribution in [0.4, 0.5) is 0 Å². The number of hydrogen-bond donors (Lipinski definition) is 1. The van der Waals surface area contributed by atoms with E-state index in [0.717, 1.165) is 35.1 Å². The first-order chi connectivity index (χ1) is 9.23. The van der Waals surface area contributed by atoms with Gasteiger partial charge in [0.2, 0.25) is 0 Å². The Labute approximate surface area is 113 Å². The molecule has 102 valence electrons. The third-order valence-corrected chi connectivity index (χ3v) is 3.07. The molecule has 0 atom stereocenters. The number of rotatable bonds is 5. The van der Waals surface area contributed by atoms with Crippen molar-refractivity contribution in [3.05, 3.63) is 30.1 Å². The topological polar surface area (TPSA) is 62.3 Å². The van der Waals surface area contributed by atoms with Crippen molar-refractivity contribution in [3.8, 4) is 22.9 Å². The molecule has 0 aliphatic rings. The predicted molar refractivity (Wildman–Crippen MR) is 74.3 cm³/mol. The largest absolute Gasteiger partial charge is 0.497 e. The molecule has 0 fully saturated rings. The second-order valence-electron chi connectivity index (χ2n) is 4.12. The van der Waals surface area contributed by atoms with Gasteiger partial charge in [0.1, 0.15) is 17.3 Å². The molecule has 2 rings (SSSR count). The first kappa shape index (κ1) is 13.4. The quantitative estimate of drug-likeness (QED) is 0.894. The molecular weight excluding hydrogens is 242 g/mol. The zero-order valence-electron chi connectivity index (χ0n) is 11.5. The smallest absolute Gasteiger partial charge is 0.140 e. The van der Waals surface area contributed by atoms with Gasteiger partial charge in [0.25, 0.3) is 0 Å². The molecule has 5 nitrogen and oxygen atoms in total. The third-order valence-electron chi connectivity index (χ3n) is 3.07. The first-order valence-corrected chi connectivity index (χ1v) is 6.21. The molecular formula is C14H19N3O2. The molecule has 1 aromatic heterocycles. The van der Waals surface area contributed by atoms with E-state index in [-0.39, 0.29) is 0 Å². The van der Waals surface area contributed by atoms with Crippen molar-refractivity contribution in [2.75, 3.05) is 14.2 Å². The normalized spacial score (nSPS) is 10.5. The molecule has 0 aliphatic heterocycles. The van der Waals surface area contributed by atoms with Gasteiger partial charge in [-0.05, 0) is 19.1 Å². The molecule has 1 aromatic carbocycles. The van der Waals surface area contributed by atoms with Gasteiger partial charge >= 0.3 is 0 Å². The molecule has 19 heavy (non-hydrogen) atoms. The summed E-state index contributed by atoms with van der Waals surface area (Å²) in [7, 11) is 3.27. The summed E-state index contributed by atoms with van der Waals surface area (Å²) in [5, 5.41) is 0. The van der Waals surface area contributed by atoms with Gasteiger partial charge in [-0.25, -0.2) is 4.98 Å². The number of aromatic nitrogens is 2. The number of benzene rings is 1. The minimum atomic E-state index is 0.474. The molecule has 0 aliphatic carbocycles. The van der Waals surface area contributed by atoms with E-state index in [1.54, 1.807) is 14.2 Å². The van der Waals surface area contributed by atoms with Gasteiger partial charge in [-0.1, -0.05) is 0 Å². The number of nitrogens with zero attached hydrogens (tertiary/aromatic N) is 2. The lowest BCUT2D eigenvalue weighted by molar-refractivity contribution is 0.394. The Morgan fingerprint density at radius 1 is 1.16 bits per heavy atom. The summed E-state index contributed by atoms with van der Waals surface area (Å²) in [6.45, 7) is 3.37. The lowest BCUT2D eigenvalue weighted by Crippen LogP contribution is -2.07. The molecule has 5 heteroatoms. The van der Waals surface area contributed by atoms with E-state index in [2.05, 4.69) is 16.5 Å². The molecule has 0 radical (unpaired) electrons. The van der Waals surface area contributed by atoms with E-state index in [1.165, 1.54) is 0 Å². The molecule has 0 unspecified atom stereocenters.